The summed E-state index contributed by atoms with van der Waals surface area (Å²) in [5.74, 6) is -0.250. The average molecular weight is 361 g/mol. The molecule has 1 aliphatic heterocycles. The zero-order chi connectivity index (χ0) is 17.6. The lowest BCUT2D eigenvalue weighted by Crippen LogP contribution is -2.20. The first-order valence-corrected chi connectivity index (χ1v) is 7.75. The van der Waals surface area contributed by atoms with Gasteiger partial charge >= 0.3 is 0 Å². The number of fused-ring (bicyclic) bond motifs is 1. The zero-order valence-corrected chi connectivity index (χ0v) is 13.4. The molecule has 2 heterocycles. The van der Waals surface area contributed by atoms with E-state index in [2.05, 4.69) is 15.7 Å². The van der Waals surface area contributed by atoms with Crippen LogP contribution in [-0.4, -0.2) is 22.1 Å². The van der Waals surface area contributed by atoms with Crippen LogP contribution in [0.3, 0.4) is 0 Å². The number of benzene rings is 1. The summed E-state index contributed by atoms with van der Waals surface area (Å²) in [5, 5.41) is 10.2. The molecule has 0 fully saturated rings. The first kappa shape index (κ1) is 15.6. The van der Waals surface area contributed by atoms with E-state index in [0.29, 0.717) is 16.4 Å². The van der Waals surface area contributed by atoms with Crippen LogP contribution in [0.4, 0.5) is 20.3 Å². The summed E-state index contributed by atoms with van der Waals surface area (Å²) in [6.07, 6.45) is 3.46. The third-order valence-electron chi connectivity index (χ3n) is 3.77. The van der Waals surface area contributed by atoms with Crippen molar-refractivity contribution >= 4 is 34.7 Å². The number of carbonyl (C=O) groups excluding carboxylic acids is 1. The van der Waals surface area contributed by atoms with E-state index in [1.54, 1.807) is 36.4 Å². The number of nitrogens with zero attached hydrogens (tertiary/aromatic N) is 2. The van der Waals surface area contributed by atoms with Crippen LogP contribution in [0.15, 0.2) is 60.0 Å². The molecule has 2 aliphatic rings. The number of halogens is 3. The lowest BCUT2D eigenvalue weighted by Gasteiger charge is -2.20. The van der Waals surface area contributed by atoms with Crippen molar-refractivity contribution in [3.8, 4) is 0 Å². The Labute approximate surface area is 146 Å². The van der Waals surface area contributed by atoms with Crippen LogP contribution in [0.1, 0.15) is 10.4 Å². The molecule has 5 nitrogen and oxygen atoms in total. The molecule has 126 valence electrons. The Bertz CT molecular complexity index is 950. The van der Waals surface area contributed by atoms with Crippen LogP contribution < -0.4 is 10.6 Å². The topological polar surface area (TPSA) is 59.0 Å². The quantitative estimate of drug-likeness (QED) is 0.864. The van der Waals surface area contributed by atoms with Gasteiger partial charge in [0.05, 0.1) is 6.20 Å². The Morgan fingerprint density at radius 3 is 2.60 bits per heavy atom. The van der Waals surface area contributed by atoms with Gasteiger partial charge in [-0.05, 0) is 35.9 Å². The number of rotatable bonds is 3. The number of anilines is 2. The van der Waals surface area contributed by atoms with Crippen LogP contribution in [0, 0.1) is 0 Å². The number of hydrogen-bond donors (Lipinski definition) is 2. The van der Waals surface area contributed by atoms with E-state index in [9.17, 15) is 13.6 Å². The molecule has 0 unspecified atom stereocenters. The number of aromatic nitrogens is 2. The van der Waals surface area contributed by atoms with Crippen LogP contribution in [0.25, 0.3) is 5.70 Å². The first-order valence-electron chi connectivity index (χ1n) is 7.37. The Hall–Kier alpha value is -2.93. The second-order valence-corrected chi connectivity index (χ2v) is 5.91. The molecule has 0 saturated heterocycles. The van der Waals surface area contributed by atoms with Gasteiger partial charge in [0, 0.05) is 16.4 Å². The SMILES string of the molecule is O=C(Nc1ccc(Cl)cc1)c1cnn2c1NC(=C1C=C1)C=C2C(F)F. The highest BCUT2D eigenvalue weighted by atomic mass is 35.5. The molecule has 0 atom stereocenters. The van der Waals surface area contributed by atoms with Crippen LogP contribution in [-0.2, 0) is 0 Å². The number of allylic oxidation sites excluding steroid dienone is 5. The van der Waals surface area contributed by atoms with Crippen molar-refractivity contribution in [2.45, 2.75) is 6.43 Å². The van der Waals surface area contributed by atoms with Gasteiger partial charge in [-0.1, -0.05) is 23.8 Å². The van der Waals surface area contributed by atoms with Crippen molar-refractivity contribution < 1.29 is 13.6 Å². The van der Waals surface area contributed by atoms with Gasteiger partial charge in [-0.3, -0.25) is 4.79 Å². The molecule has 0 saturated carbocycles. The number of nitrogens with one attached hydrogen (secondary N) is 2. The summed E-state index contributed by atoms with van der Waals surface area (Å²) in [4.78, 5) is 12.5. The Morgan fingerprint density at radius 1 is 1.24 bits per heavy atom. The molecule has 1 amide bonds. The minimum atomic E-state index is -2.72. The Kier molecular flexibility index (Phi) is 3.65. The molecule has 2 aromatic rings. The van der Waals surface area contributed by atoms with E-state index in [-0.39, 0.29) is 17.1 Å². The van der Waals surface area contributed by atoms with Crippen LogP contribution >= 0.6 is 11.6 Å². The minimum Gasteiger partial charge on any atom is -0.339 e. The summed E-state index contributed by atoms with van der Waals surface area (Å²) in [6.45, 7) is 0. The standard InChI is InChI=1S/C17H11ClF2N4O/c18-10-3-5-11(6-4-10)22-17(25)12-8-21-24-14(15(19)20)7-13(9-1-2-9)23-16(12)24/h1-8,15,23H,(H,22,25). The van der Waals surface area contributed by atoms with E-state index in [0.717, 1.165) is 10.3 Å². The number of carbonyl (C=O) groups is 1. The van der Waals surface area contributed by atoms with E-state index in [4.69, 9.17) is 11.6 Å². The van der Waals surface area contributed by atoms with Gasteiger partial charge in [-0.15, -0.1) is 0 Å². The van der Waals surface area contributed by atoms with Crippen molar-refractivity contribution in [2.24, 2.45) is 0 Å². The largest absolute Gasteiger partial charge is 0.339 e. The summed E-state index contributed by atoms with van der Waals surface area (Å²) >= 11 is 5.82. The first-order chi connectivity index (χ1) is 12.0. The molecule has 1 aromatic heterocycles. The van der Waals surface area contributed by atoms with Crippen molar-refractivity contribution in [3.63, 3.8) is 0 Å². The van der Waals surface area contributed by atoms with E-state index < -0.39 is 12.3 Å². The third-order valence-corrected chi connectivity index (χ3v) is 4.03. The number of hydrogen-bond acceptors (Lipinski definition) is 3. The van der Waals surface area contributed by atoms with Crippen LogP contribution in [0.5, 0.6) is 0 Å². The maximum atomic E-state index is 13.3. The lowest BCUT2D eigenvalue weighted by atomic mass is 10.2. The zero-order valence-electron chi connectivity index (χ0n) is 12.6. The molecular weight excluding hydrogens is 350 g/mol. The fourth-order valence-electron chi connectivity index (χ4n) is 2.47. The van der Waals surface area contributed by atoms with Gasteiger partial charge < -0.3 is 10.6 Å². The molecule has 2 N–H and O–H groups in total. The van der Waals surface area contributed by atoms with Gasteiger partial charge in [0.1, 0.15) is 17.1 Å². The molecule has 0 bridgehead atoms. The van der Waals surface area contributed by atoms with Gasteiger partial charge in [0.15, 0.2) is 0 Å². The molecule has 0 radical (unpaired) electrons. The van der Waals surface area contributed by atoms with Gasteiger partial charge in [-0.2, -0.15) is 5.10 Å². The van der Waals surface area contributed by atoms with Crippen molar-refractivity contribution in [2.75, 3.05) is 10.6 Å². The maximum absolute atomic E-state index is 13.3. The molecule has 0 spiro atoms. The smallest absolute Gasteiger partial charge is 0.280 e. The maximum Gasteiger partial charge on any atom is 0.280 e. The van der Waals surface area contributed by atoms with Crippen molar-refractivity contribution in [1.82, 2.24) is 9.78 Å². The second-order valence-electron chi connectivity index (χ2n) is 5.48. The summed E-state index contributed by atoms with van der Waals surface area (Å²) < 4.78 is 27.7. The van der Waals surface area contributed by atoms with E-state index in [1.165, 1.54) is 12.3 Å². The fourth-order valence-corrected chi connectivity index (χ4v) is 2.59. The van der Waals surface area contributed by atoms with Gasteiger partial charge in [0.25, 0.3) is 12.3 Å². The second kappa shape index (κ2) is 5.86. The van der Waals surface area contributed by atoms with E-state index >= 15 is 0 Å². The number of alkyl halides is 2. The van der Waals surface area contributed by atoms with Gasteiger partial charge in [-0.25, -0.2) is 13.5 Å². The van der Waals surface area contributed by atoms with Crippen molar-refractivity contribution in [1.29, 1.82) is 0 Å². The minimum absolute atomic E-state index is 0.167. The lowest BCUT2D eigenvalue weighted by molar-refractivity contribution is 0.102. The highest BCUT2D eigenvalue weighted by molar-refractivity contribution is 6.30. The highest BCUT2D eigenvalue weighted by Gasteiger charge is 2.28. The third kappa shape index (κ3) is 2.94. The number of amides is 1. The highest BCUT2D eigenvalue weighted by Crippen LogP contribution is 2.34. The van der Waals surface area contributed by atoms with Gasteiger partial charge in [0.2, 0.25) is 0 Å². The summed E-state index contributed by atoms with van der Waals surface area (Å²) in [6, 6.07) is 6.58. The van der Waals surface area contributed by atoms with Crippen LogP contribution in [0.2, 0.25) is 5.02 Å². The molecule has 8 heteroatoms. The Balaban J connectivity index is 1.67. The molecule has 25 heavy (non-hydrogen) atoms. The van der Waals surface area contributed by atoms with Crippen molar-refractivity contribution in [3.05, 3.63) is 70.5 Å². The normalized spacial score (nSPS) is 15.0. The molecule has 1 aromatic carbocycles. The average Bonchev–Trinajstić information content (AvgIpc) is 3.35. The fraction of sp³-hybridized carbons (Fsp3) is 0.0588. The summed E-state index contributed by atoms with van der Waals surface area (Å²) in [5.41, 5.74) is 1.76. The predicted molar refractivity (Wildman–Crippen MR) is 91.7 cm³/mol. The summed E-state index contributed by atoms with van der Waals surface area (Å²) in [7, 11) is 0. The molecular formula is C17H11ClF2N4O. The monoisotopic (exact) mass is 360 g/mol. The Morgan fingerprint density at radius 2 is 1.96 bits per heavy atom. The molecule has 4 rings (SSSR count). The molecule has 1 aliphatic carbocycles. The predicted octanol–water partition coefficient (Wildman–Crippen LogP) is 4.14. The van der Waals surface area contributed by atoms with E-state index in [1.807, 2.05) is 0 Å².